The average Bonchev–Trinajstić information content (AvgIpc) is 2.07. The lowest BCUT2D eigenvalue weighted by Crippen LogP contribution is -2.19. The molecule has 0 aliphatic rings. The van der Waals surface area contributed by atoms with E-state index in [0.717, 1.165) is 5.56 Å². The van der Waals surface area contributed by atoms with Gasteiger partial charge < -0.3 is 11.5 Å². The van der Waals surface area contributed by atoms with Gasteiger partial charge >= 0.3 is 0 Å². The van der Waals surface area contributed by atoms with Gasteiger partial charge in [0.15, 0.2) is 0 Å². The van der Waals surface area contributed by atoms with Crippen LogP contribution in [0.4, 0.5) is 0 Å². The van der Waals surface area contributed by atoms with Crippen molar-refractivity contribution < 1.29 is 0 Å². The van der Waals surface area contributed by atoms with Crippen LogP contribution < -0.4 is 11.5 Å². The molecule has 1 aromatic carbocycles. The highest BCUT2D eigenvalue weighted by Gasteiger charge is 1.93. The second kappa shape index (κ2) is 7.16. The van der Waals surface area contributed by atoms with Crippen molar-refractivity contribution in [3.05, 3.63) is 35.9 Å². The van der Waals surface area contributed by atoms with E-state index in [0.29, 0.717) is 0 Å². The first-order valence-corrected chi connectivity index (χ1v) is 5.32. The lowest BCUT2D eigenvalue weighted by molar-refractivity contribution is 0.774. The Morgan fingerprint density at radius 2 is 1.50 bits per heavy atom. The molecule has 0 aromatic heterocycles. The van der Waals surface area contributed by atoms with Crippen molar-refractivity contribution in [3.63, 3.8) is 0 Å². The van der Waals surface area contributed by atoms with Crippen LogP contribution in [0.15, 0.2) is 30.3 Å². The summed E-state index contributed by atoms with van der Waals surface area (Å²) in [5, 5.41) is 0. The minimum Gasteiger partial charge on any atom is -0.312 e. The molecule has 1 rings (SSSR count). The lowest BCUT2D eigenvalue weighted by Gasteiger charge is -2.02. The van der Waals surface area contributed by atoms with Crippen LogP contribution in [-0.2, 0) is 0 Å². The van der Waals surface area contributed by atoms with E-state index in [-0.39, 0.29) is 6.17 Å². The summed E-state index contributed by atoms with van der Waals surface area (Å²) in [5.41, 5.74) is 11.8. The normalized spacial score (nSPS) is 9.08. The molecule has 4 N–H and O–H groups in total. The third-order valence-electron chi connectivity index (χ3n) is 1.18. The first-order valence-electron chi connectivity index (χ1n) is 3.68. The molecule has 3 heteroatoms. The molecule has 0 atom stereocenters. The zero-order chi connectivity index (χ0) is 9.40. The van der Waals surface area contributed by atoms with E-state index in [1.54, 1.807) is 11.8 Å². The Kier molecular flexibility index (Phi) is 6.85. The fourth-order valence-electron chi connectivity index (χ4n) is 0.675. The molecule has 0 spiro atoms. The van der Waals surface area contributed by atoms with E-state index in [1.807, 2.05) is 42.8 Å². The standard InChI is InChI=1S/C7H10N2.C2H6S/c8-7(9)6-4-2-1-3-5-6;1-3-2/h1-5,7H,8-9H2;1-2H3. The topological polar surface area (TPSA) is 52.0 Å². The van der Waals surface area contributed by atoms with Crippen LogP contribution >= 0.6 is 11.8 Å². The quantitative estimate of drug-likeness (QED) is 0.652. The molecule has 0 radical (unpaired) electrons. The maximum absolute atomic E-state index is 5.39. The van der Waals surface area contributed by atoms with Crippen LogP contribution in [0.5, 0.6) is 0 Å². The molecule has 0 amide bonds. The van der Waals surface area contributed by atoms with Crippen LogP contribution in [0, 0.1) is 0 Å². The van der Waals surface area contributed by atoms with E-state index in [2.05, 4.69) is 0 Å². The summed E-state index contributed by atoms with van der Waals surface area (Å²) in [7, 11) is 0. The van der Waals surface area contributed by atoms with Crippen LogP contribution in [0.2, 0.25) is 0 Å². The molecule has 68 valence electrons. The van der Waals surface area contributed by atoms with Crippen molar-refractivity contribution in [2.45, 2.75) is 6.17 Å². The summed E-state index contributed by atoms with van der Waals surface area (Å²) in [6, 6.07) is 9.59. The number of rotatable bonds is 1. The maximum atomic E-state index is 5.39. The van der Waals surface area contributed by atoms with Gasteiger partial charge in [0, 0.05) is 0 Å². The van der Waals surface area contributed by atoms with Crippen LogP contribution in [0.1, 0.15) is 11.7 Å². The molecular formula is C9H16N2S. The summed E-state index contributed by atoms with van der Waals surface area (Å²) in [6.45, 7) is 0. The number of hydrogen-bond acceptors (Lipinski definition) is 3. The van der Waals surface area contributed by atoms with Gasteiger partial charge in [0.25, 0.3) is 0 Å². The van der Waals surface area contributed by atoms with Crippen molar-refractivity contribution >= 4 is 11.8 Å². The number of thioether (sulfide) groups is 1. The third kappa shape index (κ3) is 5.18. The number of nitrogens with two attached hydrogens (primary N) is 2. The van der Waals surface area contributed by atoms with E-state index in [4.69, 9.17) is 11.5 Å². The first-order chi connectivity index (χ1) is 5.72. The van der Waals surface area contributed by atoms with Gasteiger partial charge in [-0.2, -0.15) is 11.8 Å². The minimum absolute atomic E-state index is 0.341. The second-order valence-electron chi connectivity index (χ2n) is 2.34. The van der Waals surface area contributed by atoms with Gasteiger partial charge in [-0.25, -0.2) is 0 Å². The zero-order valence-corrected chi connectivity index (χ0v) is 8.34. The highest BCUT2D eigenvalue weighted by Crippen LogP contribution is 2.01. The van der Waals surface area contributed by atoms with Crippen LogP contribution in [-0.4, -0.2) is 12.5 Å². The highest BCUT2D eigenvalue weighted by molar-refractivity contribution is 7.97. The second-order valence-corrected chi connectivity index (χ2v) is 3.16. The number of benzene rings is 1. The molecule has 1 aromatic rings. The van der Waals surface area contributed by atoms with Gasteiger partial charge in [-0.1, -0.05) is 30.3 Å². The molecule has 0 saturated heterocycles. The van der Waals surface area contributed by atoms with Gasteiger partial charge in [-0.15, -0.1) is 0 Å². The lowest BCUT2D eigenvalue weighted by atomic mass is 10.2. The molecule has 0 heterocycles. The summed E-state index contributed by atoms with van der Waals surface area (Å²) >= 11 is 1.75. The molecule has 12 heavy (non-hydrogen) atoms. The molecule has 0 saturated carbocycles. The Hall–Kier alpha value is -0.510. The SMILES string of the molecule is CSC.NC(N)c1ccccc1. The fourth-order valence-corrected chi connectivity index (χ4v) is 0.675. The van der Waals surface area contributed by atoms with Gasteiger partial charge in [0.2, 0.25) is 0 Å². The summed E-state index contributed by atoms with van der Waals surface area (Å²) < 4.78 is 0. The average molecular weight is 184 g/mol. The van der Waals surface area contributed by atoms with Crippen LogP contribution in [0.25, 0.3) is 0 Å². The van der Waals surface area contributed by atoms with Gasteiger partial charge in [-0.05, 0) is 18.1 Å². The van der Waals surface area contributed by atoms with Gasteiger partial charge in [0.1, 0.15) is 0 Å². The maximum Gasteiger partial charge on any atom is 0.0784 e. The molecule has 0 unspecified atom stereocenters. The van der Waals surface area contributed by atoms with Crippen molar-refractivity contribution in [1.82, 2.24) is 0 Å². The summed E-state index contributed by atoms with van der Waals surface area (Å²) in [6.07, 6.45) is 3.74. The smallest absolute Gasteiger partial charge is 0.0784 e. The van der Waals surface area contributed by atoms with Gasteiger partial charge in [-0.3, -0.25) is 0 Å². The molecule has 0 aliphatic carbocycles. The largest absolute Gasteiger partial charge is 0.312 e. The van der Waals surface area contributed by atoms with Crippen LogP contribution in [0.3, 0.4) is 0 Å². The van der Waals surface area contributed by atoms with Crippen molar-refractivity contribution in [3.8, 4) is 0 Å². The Labute approximate surface area is 78.3 Å². The molecule has 0 aliphatic heterocycles. The number of hydrogen-bond donors (Lipinski definition) is 2. The third-order valence-corrected chi connectivity index (χ3v) is 1.18. The van der Waals surface area contributed by atoms with E-state index in [9.17, 15) is 0 Å². The monoisotopic (exact) mass is 184 g/mol. The summed E-state index contributed by atoms with van der Waals surface area (Å²) in [4.78, 5) is 0. The highest BCUT2D eigenvalue weighted by atomic mass is 32.2. The Bertz CT molecular complexity index is 187. The predicted octanol–water partition coefficient (Wildman–Crippen LogP) is 1.58. The zero-order valence-electron chi connectivity index (χ0n) is 7.53. The predicted molar refractivity (Wildman–Crippen MR) is 57.0 cm³/mol. The Balaban J connectivity index is 0.000000354. The Morgan fingerprint density at radius 3 is 1.75 bits per heavy atom. The van der Waals surface area contributed by atoms with Crippen molar-refractivity contribution in [2.24, 2.45) is 11.5 Å². The molecular weight excluding hydrogens is 168 g/mol. The first kappa shape index (κ1) is 11.5. The van der Waals surface area contributed by atoms with E-state index >= 15 is 0 Å². The molecule has 0 bridgehead atoms. The summed E-state index contributed by atoms with van der Waals surface area (Å²) in [5.74, 6) is 0. The van der Waals surface area contributed by atoms with Crippen molar-refractivity contribution in [1.29, 1.82) is 0 Å². The fraction of sp³-hybridized carbons (Fsp3) is 0.333. The molecule has 2 nitrogen and oxygen atoms in total. The van der Waals surface area contributed by atoms with E-state index in [1.165, 1.54) is 0 Å². The van der Waals surface area contributed by atoms with Crippen molar-refractivity contribution in [2.75, 3.05) is 12.5 Å². The van der Waals surface area contributed by atoms with E-state index < -0.39 is 0 Å². The minimum atomic E-state index is -0.341. The van der Waals surface area contributed by atoms with Gasteiger partial charge in [0.05, 0.1) is 6.17 Å². The molecule has 0 fully saturated rings. The Morgan fingerprint density at radius 1 is 1.08 bits per heavy atom.